The number of H-pyrrole nitrogens is 1. The number of carbonyl (C=O) groups is 1. The van der Waals surface area contributed by atoms with Crippen LogP contribution in [0.25, 0.3) is 0 Å². The van der Waals surface area contributed by atoms with Gasteiger partial charge < -0.3 is 10.2 Å². The molecule has 3 N–H and O–H groups in total. The quantitative estimate of drug-likeness (QED) is 0.491. The van der Waals surface area contributed by atoms with Crippen LogP contribution in [0.2, 0.25) is 0 Å². The molecule has 0 saturated carbocycles. The molecule has 0 aromatic carbocycles. The Labute approximate surface area is 79.5 Å². The fraction of sp³-hybridized carbons (Fsp3) is 0.667. The highest BCUT2D eigenvalue weighted by atomic mass is 16.4. The van der Waals surface area contributed by atoms with Crippen molar-refractivity contribution in [3.8, 4) is 0 Å². The molecule has 1 rings (SSSR count). The van der Waals surface area contributed by atoms with Crippen molar-refractivity contribution in [1.82, 2.24) is 25.5 Å². The molecule has 0 aliphatic rings. The van der Waals surface area contributed by atoms with E-state index >= 15 is 0 Å². The lowest BCUT2D eigenvalue weighted by molar-refractivity contribution is -0.138. The fourth-order valence-electron chi connectivity index (χ4n) is 0.996. The molecular weight excluding hydrogens is 190 g/mol. The molecule has 0 amide bonds. The van der Waals surface area contributed by atoms with E-state index in [0.29, 0.717) is 5.82 Å². The summed E-state index contributed by atoms with van der Waals surface area (Å²) < 4.78 is 0. The second kappa shape index (κ2) is 5.25. The van der Waals surface area contributed by atoms with E-state index in [9.17, 15) is 4.79 Å². The van der Waals surface area contributed by atoms with E-state index in [4.69, 9.17) is 10.2 Å². The summed E-state index contributed by atoms with van der Waals surface area (Å²) in [5, 5.41) is 30.2. The van der Waals surface area contributed by atoms with Gasteiger partial charge >= 0.3 is 5.97 Å². The molecule has 8 heteroatoms. The number of tetrazole rings is 1. The summed E-state index contributed by atoms with van der Waals surface area (Å²) in [7, 11) is 0. The predicted molar refractivity (Wildman–Crippen MR) is 44.2 cm³/mol. The van der Waals surface area contributed by atoms with Crippen molar-refractivity contribution in [2.45, 2.75) is 6.54 Å². The third kappa shape index (κ3) is 3.46. The standard InChI is InChI=1S/C6H11N5O3/c12-2-1-11(4-6(13)14)3-5-7-9-10-8-5/h12H,1-4H2,(H,13,14)(H,7,8,9,10). The molecule has 8 nitrogen and oxygen atoms in total. The summed E-state index contributed by atoms with van der Waals surface area (Å²) in [5.41, 5.74) is 0. The molecule has 0 aliphatic heterocycles. The highest BCUT2D eigenvalue weighted by Crippen LogP contribution is 1.95. The van der Waals surface area contributed by atoms with Gasteiger partial charge in [0.1, 0.15) is 0 Å². The van der Waals surface area contributed by atoms with E-state index in [1.807, 2.05) is 0 Å². The van der Waals surface area contributed by atoms with Crippen molar-refractivity contribution in [2.75, 3.05) is 19.7 Å². The largest absolute Gasteiger partial charge is 0.480 e. The Kier molecular flexibility index (Phi) is 3.95. The third-order valence-electron chi connectivity index (χ3n) is 1.53. The van der Waals surface area contributed by atoms with Crippen LogP contribution in [0.15, 0.2) is 0 Å². The number of aromatic nitrogens is 4. The number of aliphatic hydroxyl groups is 1. The number of nitrogens with zero attached hydrogens (tertiary/aromatic N) is 4. The Hall–Kier alpha value is -1.54. The Morgan fingerprint density at radius 1 is 1.57 bits per heavy atom. The zero-order valence-electron chi connectivity index (χ0n) is 7.42. The van der Waals surface area contributed by atoms with Gasteiger partial charge in [-0.3, -0.25) is 9.69 Å². The van der Waals surface area contributed by atoms with Crippen molar-refractivity contribution >= 4 is 5.97 Å². The number of carboxylic acids is 1. The van der Waals surface area contributed by atoms with Crippen LogP contribution in [0.5, 0.6) is 0 Å². The summed E-state index contributed by atoms with van der Waals surface area (Å²) in [6, 6.07) is 0. The molecule has 0 saturated heterocycles. The molecule has 0 unspecified atom stereocenters. The van der Waals surface area contributed by atoms with Crippen molar-refractivity contribution in [1.29, 1.82) is 0 Å². The first kappa shape index (κ1) is 10.5. The second-order valence-corrected chi connectivity index (χ2v) is 2.66. The topological polar surface area (TPSA) is 115 Å². The Morgan fingerprint density at radius 2 is 2.36 bits per heavy atom. The molecule has 1 aromatic rings. The lowest BCUT2D eigenvalue weighted by atomic mass is 10.4. The average molecular weight is 201 g/mol. The lowest BCUT2D eigenvalue weighted by Gasteiger charge is -2.16. The van der Waals surface area contributed by atoms with Gasteiger partial charge in [-0.25, -0.2) is 0 Å². The zero-order valence-corrected chi connectivity index (χ0v) is 7.42. The molecule has 14 heavy (non-hydrogen) atoms. The minimum absolute atomic E-state index is 0.106. The predicted octanol–water partition coefficient (Wildman–Crippen LogP) is -1.92. The summed E-state index contributed by atoms with van der Waals surface area (Å²) in [5.74, 6) is -0.554. The Balaban J connectivity index is 2.46. The lowest BCUT2D eigenvalue weighted by Crippen LogP contribution is -2.32. The zero-order chi connectivity index (χ0) is 10.4. The van der Waals surface area contributed by atoms with Crippen LogP contribution in [0.1, 0.15) is 5.82 Å². The molecule has 0 atom stereocenters. The van der Waals surface area contributed by atoms with E-state index < -0.39 is 5.97 Å². The number of aromatic amines is 1. The summed E-state index contributed by atoms with van der Waals surface area (Å²) >= 11 is 0. The van der Waals surface area contributed by atoms with Crippen molar-refractivity contribution in [3.05, 3.63) is 5.82 Å². The maximum atomic E-state index is 10.4. The molecule has 0 spiro atoms. The molecule has 78 valence electrons. The monoisotopic (exact) mass is 201 g/mol. The van der Waals surface area contributed by atoms with Gasteiger partial charge in [-0.2, -0.15) is 5.21 Å². The molecule has 1 heterocycles. The number of hydrogen-bond donors (Lipinski definition) is 3. The first-order valence-electron chi connectivity index (χ1n) is 3.99. The van der Waals surface area contributed by atoms with Crippen LogP contribution in [0, 0.1) is 0 Å². The van der Waals surface area contributed by atoms with Crippen LogP contribution < -0.4 is 0 Å². The first-order chi connectivity index (χ1) is 6.72. The van der Waals surface area contributed by atoms with Crippen LogP contribution in [-0.4, -0.2) is 61.4 Å². The van der Waals surface area contributed by atoms with Gasteiger partial charge in [0.05, 0.1) is 19.7 Å². The molecule has 0 fully saturated rings. The van der Waals surface area contributed by atoms with Gasteiger partial charge in [-0.15, -0.1) is 10.2 Å². The summed E-state index contributed by atoms with van der Waals surface area (Å²) in [6.45, 7) is 0.254. The Morgan fingerprint density at radius 3 is 2.86 bits per heavy atom. The smallest absolute Gasteiger partial charge is 0.317 e. The van der Waals surface area contributed by atoms with Gasteiger partial charge in [0.2, 0.25) is 0 Å². The van der Waals surface area contributed by atoms with Gasteiger partial charge in [0.25, 0.3) is 0 Å². The molecule has 0 bridgehead atoms. The maximum absolute atomic E-state index is 10.4. The van der Waals surface area contributed by atoms with Crippen molar-refractivity contribution < 1.29 is 15.0 Å². The first-order valence-corrected chi connectivity index (χ1v) is 3.99. The number of nitrogens with one attached hydrogen (secondary N) is 1. The van der Waals surface area contributed by atoms with Crippen LogP contribution >= 0.6 is 0 Å². The summed E-state index contributed by atoms with van der Waals surface area (Å²) in [4.78, 5) is 11.9. The van der Waals surface area contributed by atoms with Crippen molar-refractivity contribution in [2.24, 2.45) is 0 Å². The Bertz CT molecular complexity index is 275. The highest BCUT2D eigenvalue weighted by molar-refractivity contribution is 5.69. The number of aliphatic hydroxyl groups excluding tert-OH is 1. The molecular formula is C6H11N5O3. The van der Waals surface area contributed by atoms with E-state index in [2.05, 4.69) is 20.6 Å². The van der Waals surface area contributed by atoms with Gasteiger partial charge in [-0.05, 0) is 0 Å². The number of hydrogen-bond acceptors (Lipinski definition) is 6. The fourth-order valence-corrected chi connectivity index (χ4v) is 0.996. The van der Waals surface area contributed by atoms with E-state index in [-0.39, 0.29) is 26.2 Å². The minimum Gasteiger partial charge on any atom is -0.480 e. The van der Waals surface area contributed by atoms with Gasteiger partial charge in [0, 0.05) is 6.54 Å². The average Bonchev–Trinajstić information content (AvgIpc) is 2.56. The van der Waals surface area contributed by atoms with E-state index in [1.165, 1.54) is 4.90 Å². The third-order valence-corrected chi connectivity index (χ3v) is 1.53. The number of rotatable bonds is 6. The maximum Gasteiger partial charge on any atom is 0.317 e. The number of carboxylic acid groups (broad SMARTS) is 1. The number of aliphatic carboxylic acids is 1. The molecule has 0 radical (unpaired) electrons. The second-order valence-electron chi connectivity index (χ2n) is 2.66. The van der Waals surface area contributed by atoms with Gasteiger partial charge in [0.15, 0.2) is 5.82 Å². The molecule has 1 aromatic heterocycles. The summed E-state index contributed by atoms with van der Waals surface area (Å²) in [6.07, 6.45) is 0. The van der Waals surface area contributed by atoms with E-state index in [0.717, 1.165) is 0 Å². The van der Waals surface area contributed by atoms with Crippen LogP contribution in [0.4, 0.5) is 0 Å². The van der Waals surface area contributed by atoms with E-state index in [1.54, 1.807) is 0 Å². The van der Waals surface area contributed by atoms with Crippen LogP contribution in [-0.2, 0) is 11.3 Å². The van der Waals surface area contributed by atoms with Crippen LogP contribution in [0.3, 0.4) is 0 Å². The van der Waals surface area contributed by atoms with Gasteiger partial charge in [-0.1, -0.05) is 5.21 Å². The highest BCUT2D eigenvalue weighted by Gasteiger charge is 2.11. The molecule has 0 aliphatic carbocycles. The minimum atomic E-state index is -0.957. The SMILES string of the molecule is O=C(O)CN(CCO)Cc1nn[nH]n1. The van der Waals surface area contributed by atoms with Crippen molar-refractivity contribution in [3.63, 3.8) is 0 Å². The normalized spacial score (nSPS) is 10.7.